The first-order valence-electron chi connectivity index (χ1n) is 11.0. The predicted octanol–water partition coefficient (Wildman–Crippen LogP) is 1.03. The van der Waals surface area contributed by atoms with Crippen LogP contribution in [0.25, 0.3) is 0 Å². The molecule has 0 aromatic heterocycles. The lowest BCUT2D eigenvalue weighted by Gasteiger charge is -2.42. The van der Waals surface area contributed by atoms with Gasteiger partial charge in [0.25, 0.3) is 0 Å². The number of fused-ring (bicyclic) bond motifs is 14. The molecule has 6 aliphatic heterocycles. The fourth-order valence-corrected chi connectivity index (χ4v) is 6.99. The van der Waals surface area contributed by atoms with Gasteiger partial charge in [0.1, 0.15) is 0 Å². The molecular weight excluding hydrogens is 312 g/mol. The average Bonchev–Trinajstić information content (AvgIpc) is 3.38. The lowest BCUT2D eigenvalue weighted by molar-refractivity contribution is -0.0939. The van der Waals surface area contributed by atoms with Crippen molar-refractivity contribution in [3.05, 3.63) is 0 Å². The van der Waals surface area contributed by atoms with E-state index >= 15 is 0 Å². The zero-order valence-corrected chi connectivity index (χ0v) is 15.3. The van der Waals surface area contributed by atoms with Crippen molar-refractivity contribution in [1.29, 1.82) is 0 Å². The molecule has 0 aromatic rings. The monoisotopic (exact) mass is 346 g/mol. The predicted molar refractivity (Wildman–Crippen MR) is 97.7 cm³/mol. The van der Waals surface area contributed by atoms with Crippen LogP contribution in [0, 0.1) is 0 Å². The highest BCUT2D eigenvalue weighted by Crippen LogP contribution is 2.37. The van der Waals surface area contributed by atoms with Crippen molar-refractivity contribution in [3.8, 4) is 0 Å². The fraction of sp³-hybridized carbons (Fsp3) is 1.00. The number of hydrogen-bond donors (Lipinski definition) is 4. The lowest BCUT2D eigenvalue weighted by Crippen LogP contribution is -2.63. The van der Waals surface area contributed by atoms with Crippen LogP contribution in [-0.2, 0) is 4.74 Å². The molecule has 140 valence electrons. The number of rotatable bonds is 0. The molecule has 0 amide bonds. The summed E-state index contributed by atoms with van der Waals surface area (Å²) in [4.78, 5) is 0. The molecule has 6 fully saturated rings. The second-order valence-electron chi connectivity index (χ2n) is 9.73. The highest BCUT2D eigenvalue weighted by Gasteiger charge is 2.50. The number of nitrogens with one attached hydrogen (secondary N) is 4. The van der Waals surface area contributed by atoms with Gasteiger partial charge in [-0.15, -0.1) is 0 Å². The summed E-state index contributed by atoms with van der Waals surface area (Å²) in [6, 6.07) is 5.13. The van der Waals surface area contributed by atoms with Crippen LogP contribution >= 0.6 is 0 Å². The quantitative estimate of drug-likeness (QED) is 0.494. The van der Waals surface area contributed by atoms with Gasteiger partial charge in [-0.05, 0) is 64.2 Å². The first-order valence-corrected chi connectivity index (χ1v) is 11.0. The van der Waals surface area contributed by atoms with Crippen LogP contribution in [0.15, 0.2) is 0 Å². The zero-order chi connectivity index (χ0) is 16.4. The van der Waals surface area contributed by atoms with Gasteiger partial charge < -0.3 is 26.0 Å². The molecule has 25 heavy (non-hydrogen) atoms. The summed E-state index contributed by atoms with van der Waals surface area (Å²) in [7, 11) is 0. The Morgan fingerprint density at radius 1 is 0.440 bits per heavy atom. The van der Waals surface area contributed by atoms with E-state index in [1.807, 2.05) is 0 Å². The molecule has 0 radical (unpaired) electrons. The van der Waals surface area contributed by atoms with Gasteiger partial charge in [-0.25, -0.2) is 0 Å². The van der Waals surface area contributed by atoms with Crippen LogP contribution in [0.5, 0.6) is 0 Å². The highest BCUT2D eigenvalue weighted by atomic mass is 16.5. The minimum Gasteiger partial charge on any atom is -0.368 e. The smallest absolute Gasteiger partial charge is 0.0886 e. The summed E-state index contributed by atoms with van der Waals surface area (Å²) in [5.74, 6) is 0. The van der Waals surface area contributed by atoms with Gasteiger partial charge in [0.05, 0.1) is 12.2 Å². The molecular formula is C20H34N4O. The van der Waals surface area contributed by atoms with Crippen molar-refractivity contribution in [2.45, 2.75) is 125 Å². The molecule has 6 aliphatic rings. The number of morpholine rings is 1. The molecule has 10 bridgehead atoms. The SMILES string of the molecule is C1CC2CC3CCC(N3)C3OC(C4CCC(CC1N2)N4)C1CCC3N1. The van der Waals surface area contributed by atoms with E-state index in [4.69, 9.17) is 4.74 Å². The molecule has 0 spiro atoms. The van der Waals surface area contributed by atoms with Crippen LogP contribution in [0.3, 0.4) is 0 Å². The van der Waals surface area contributed by atoms with Crippen molar-refractivity contribution in [2.24, 2.45) is 0 Å². The van der Waals surface area contributed by atoms with E-state index in [1.54, 1.807) is 0 Å². The van der Waals surface area contributed by atoms with E-state index in [0.29, 0.717) is 48.5 Å². The summed E-state index contributed by atoms with van der Waals surface area (Å²) in [5.41, 5.74) is 0. The molecule has 5 nitrogen and oxygen atoms in total. The maximum Gasteiger partial charge on any atom is 0.0886 e. The minimum atomic E-state index is 0.377. The third-order valence-corrected chi connectivity index (χ3v) is 8.14. The van der Waals surface area contributed by atoms with Gasteiger partial charge in [0, 0.05) is 48.3 Å². The minimum absolute atomic E-state index is 0.377. The number of hydrogen-bond acceptors (Lipinski definition) is 5. The Hall–Kier alpha value is -0.200. The first-order chi connectivity index (χ1) is 12.3. The van der Waals surface area contributed by atoms with Gasteiger partial charge in [-0.2, -0.15) is 0 Å². The Labute approximate surface area is 151 Å². The third kappa shape index (κ3) is 2.78. The molecule has 10 atom stereocenters. The van der Waals surface area contributed by atoms with E-state index in [2.05, 4.69) is 21.3 Å². The lowest BCUT2D eigenvalue weighted by atomic mass is 9.97. The van der Waals surface area contributed by atoms with E-state index in [1.165, 1.54) is 64.2 Å². The zero-order valence-electron chi connectivity index (χ0n) is 15.3. The Kier molecular flexibility index (Phi) is 3.90. The second-order valence-corrected chi connectivity index (χ2v) is 9.73. The van der Waals surface area contributed by atoms with Crippen LogP contribution in [0.2, 0.25) is 0 Å². The Morgan fingerprint density at radius 2 is 0.840 bits per heavy atom. The molecule has 6 saturated heterocycles. The third-order valence-electron chi connectivity index (χ3n) is 8.14. The first kappa shape index (κ1) is 15.8. The van der Waals surface area contributed by atoms with Crippen LogP contribution in [0.4, 0.5) is 0 Å². The van der Waals surface area contributed by atoms with Gasteiger partial charge in [-0.1, -0.05) is 0 Å². The van der Waals surface area contributed by atoms with Crippen LogP contribution in [-0.4, -0.2) is 60.5 Å². The molecule has 6 rings (SSSR count). The molecule has 0 aromatic carbocycles. The summed E-state index contributed by atoms with van der Waals surface area (Å²) in [5, 5.41) is 15.9. The molecule has 6 heterocycles. The van der Waals surface area contributed by atoms with E-state index in [0.717, 1.165) is 12.1 Å². The molecule has 0 aliphatic carbocycles. The number of ether oxygens (including phenoxy) is 1. The van der Waals surface area contributed by atoms with Gasteiger partial charge >= 0.3 is 0 Å². The maximum absolute atomic E-state index is 6.84. The normalized spacial score (nSPS) is 57.6. The topological polar surface area (TPSA) is 57.4 Å². The fourth-order valence-electron chi connectivity index (χ4n) is 6.99. The Balaban J connectivity index is 1.28. The maximum atomic E-state index is 6.84. The van der Waals surface area contributed by atoms with Crippen molar-refractivity contribution >= 4 is 0 Å². The summed E-state index contributed by atoms with van der Waals surface area (Å²) in [6.07, 6.45) is 14.0. The molecule has 4 N–H and O–H groups in total. The largest absolute Gasteiger partial charge is 0.368 e. The van der Waals surface area contributed by atoms with Gasteiger partial charge in [0.15, 0.2) is 0 Å². The highest BCUT2D eigenvalue weighted by molar-refractivity contribution is 5.08. The van der Waals surface area contributed by atoms with Crippen LogP contribution < -0.4 is 21.3 Å². The summed E-state index contributed by atoms with van der Waals surface area (Å²) >= 11 is 0. The molecule has 5 heteroatoms. The van der Waals surface area contributed by atoms with Gasteiger partial charge in [-0.3, -0.25) is 0 Å². The van der Waals surface area contributed by atoms with Crippen LogP contribution in [0.1, 0.15) is 64.2 Å². The summed E-state index contributed by atoms with van der Waals surface area (Å²) < 4.78 is 6.84. The van der Waals surface area contributed by atoms with E-state index < -0.39 is 0 Å². The Bertz CT molecular complexity index is 474. The van der Waals surface area contributed by atoms with E-state index in [9.17, 15) is 0 Å². The van der Waals surface area contributed by atoms with Crippen molar-refractivity contribution in [2.75, 3.05) is 0 Å². The van der Waals surface area contributed by atoms with Crippen molar-refractivity contribution < 1.29 is 4.74 Å². The van der Waals surface area contributed by atoms with Crippen molar-refractivity contribution in [1.82, 2.24) is 21.3 Å². The summed E-state index contributed by atoms with van der Waals surface area (Å²) in [6.45, 7) is 0. The Morgan fingerprint density at radius 3 is 1.40 bits per heavy atom. The standard InChI is InChI=1S/C20H34N4O/c1-2-12-10-14-4-6-16(23-14)20-18-8-7-17(24-18)19(25-20)15-5-3-13(22-15)9-11(1)21-12/h11-24H,1-10H2. The molecule has 10 unspecified atom stereocenters. The van der Waals surface area contributed by atoms with E-state index in [-0.39, 0.29) is 0 Å². The van der Waals surface area contributed by atoms with Gasteiger partial charge in [0.2, 0.25) is 0 Å². The second kappa shape index (κ2) is 6.16. The average molecular weight is 347 g/mol. The molecule has 0 saturated carbocycles. The van der Waals surface area contributed by atoms with Crippen molar-refractivity contribution in [3.63, 3.8) is 0 Å².